The molecule has 0 radical (unpaired) electrons. The molecule has 0 bridgehead atoms. The number of ether oxygens (including phenoxy) is 2. The van der Waals surface area contributed by atoms with Gasteiger partial charge in [-0.1, -0.05) is 18.2 Å². The van der Waals surface area contributed by atoms with Gasteiger partial charge in [-0.25, -0.2) is 4.39 Å². The number of hydrogen-bond acceptors (Lipinski definition) is 3. The van der Waals surface area contributed by atoms with Crippen LogP contribution in [0.5, 0.6) is 11.5 Å². The Morgan fingerprint density at radius 3 is 2.14 bits per heavy atom. The Morgan fingerprint density at radius 2 is 1.59 bits per heavy atom. The molecule has 0 aliphatic rings. The number of nitrogens with two attached hydrogens (primary N) is 1. The molecule has 22 heavy (non-hydrogen) atoms. The maximum Gasteiger partial charge on any atom is 0.242 e. The van der Waals surface area contributed by atoms with Gasteiger partial charge in [-0.05, 0) is 41.0 Å². The Labute approximate surface area is 128 Å². The molecule has 2 rings (SSSR count). The van der Waals surface area contributed by atoms with Gasteiger partial charge >= 0.3 is 0 Å². The van der Waals surface area contributed by atoms with Gasteiger partial charge in [-0.2, -0.15) is 0 Å². The largest absolute Gasteiger partial charge is 0.493 e. The number of benzene rings is 2. The third-order valence-corrected chi connectivity index (χ3v) is 3.14. The summed E-state index contributed by atoms with van der Waals surface area (Å²) in [5, 5.41) is 0. The molecule has 0 saturated carbocycles. The molecule has 0 heterocycles. The molecular weight excluding hydrogens is 285 g/mol. The van der Waals surface area contributed by atoms with Gasteiger partial charge in [0.2, 0.25) is 5.91 Å². The standard InChI is InChI=1S/C17H16FNO3/c1-21-15-8-5-12(9-16(15)22-2)14(10-17(19)20)11-3-6-13(18)7-4-11/h3-10H,1-2H3,(H2,19,20)/b14-10-. The van der Waals surface area contributed by atoms with Crippen LogP contribution >= 0.6 is 0 Å². The topological polar surface area (TPSA) is 61.5 Å². The Hall–Kier alpha value is -2.82. The summed E-state index contributed by atoms with van der Waals surface area (Å²) in [4.78, 5) is 11.3. The molecule has 0 aliphatic carbocycles. The first-order valence-electron chi connectivity index (χ1n) is 6.54. The van der Waals surface area contributed by atoms with Crippen LogP contribution in [0, 0.1) is 5.82 Å². The van der Waals surface area contributed by atoms with Gasteiger partial charge in [0, 0.05) is 6.08 Å². The number of methoxy groups -OCH3 is 2. The Balaban J connectivity index is 2.55. The molecule has 0 spiro atoms. The molecule has 2 aromatic carbocycles. The fraction of sp³-hybridized carbons (Fsp3) is 0.118. The van der Waals surface area contributed by atoms with Crippen molar-refractivity contribution in [3.8, 4) is 11.5 Å². The summed E-state index contributed by atoms with van der Waals surface area (Å²) < 4.78 is 23.5. The summed E-state index contributed by atoms with van der Waals surface area (Å²) in [7, 11) is 3.06. The summed E-state index contributed by atoms with van der Waals surface area (Å²) in [5.41, 5.74) is 7.24. The average Bonchev–Trinajstić information content (AvgIpc) is 2.52. The number of carbonyl (C=O) groups is 1. The lowest BCUT2D eigenvalue weighted by molar-refractivity contribution is -0.113. The summed E-state index contributed by atoms with van der Waals surface area (Å²) in [5.74, 6) is 0.157. The second-order valence-electron chi connectivity index (χ2n) is 4.54. The first-order valence-corrected chi connectivity index (χ1v) is 6.54. The first-order chi connectivity index (χ1) is 10.5. The van der Waals surface area contributed by atoms with Gasteiger partial charge in [0.25, 0.3) is 0 Å². The van der Waals surface area contributed by atoms with Crippen molar-refractivity contribution in [3.05, 3.63) is 65.5 Å². The van der Waals surface area contributed by atoms with Gasteiger partial charge in [0.15, 0.2) is 11.5 Å². The van der Waals surface area contributed by atoms with E-state index in [1.165, 1.54) is 32.4 Å². The summed E-state index contributed by atoms with van der Waals surface area (Å²) in [6.45, 7) is 0. The number of halogens is 1. The first kappa shape index (κ1) is 15.6. The van der Waals surface area contributed by atoms with Crippen LogP contribution < -0.4 is 15.2 Å². The minimum Gasteiger partial charge on any atom is -0.493 e. The molecule has 0 unspecified atom stereocenters. The van der Waals surface area contributed by atoms with Crippen molar-refractivity contribution in [1.29, 1.82) is 0 Å². The lowest BCUT2D eigenvalue weighted by Gasteiger charge is -2.12. The number of rotatable bonds is 5. The molecule has 0 aromatic heterocycles. The van der Waals surface area contributed by atoms with Crippen molar-refractivity contribution >= 4 is 11.5 Å². The lowest BCUT2D eigenvalue weighted by atomic mass is 9.97. The van der Waals surface area contributed by atoms with Crippen LogP contribution in [0.1, 0.15) is 11.1 Å². The lowest BCUT2D eigenvalue weighted by Crippen LogP contribution is -2.07. The van der Waals surface area contributed by atoms with Crippen LogP contribution in [0.15, 0.2) is 48.5 Å². The Morgan fingerprint density at radius 1 is 1.00 bits per heavy atom. The molecule has 4 nitrogen and oxygen atoms in total. The van der Waals surface area contributed by atoms with Crippen LogP contribution in [0.2, 0.25) is 0 Å². The zero-order valence-electron chi connectivity index (χ0n) is 12.3. The molecule has 5 heteroatoms. The predicted octanol–water partition coefficient (Wildman–Crippen LogP) is 2.76. The van der Waals surface area contributed by atoms with Crippen LogP contribution in [0.4, 0.5) is 4.39 Å². The third-order valence-electron chi connectivity index (χ3n) is 3.14. The monoisotopic (exact) mass is 301 g/mol. The number of hydrogen-bond donors (Lipinski definition) is 1. The van der Waals surface area contributed by atoms with Crippen LogP contribution in [-0.4, -0.2) is 20.1 Å². The normalized spacial score (nSPS) is 11.1. The number of amides is 1. The number of carbonyl (C=O) groups excluding carboxylic acids is 1. The molecule has 114 valence electrons. The molecule has 0 saturated heterocycles. The van der Waals surface area contributed by atoms with E-state index < -0.39 is 5.91 Å². The van der Waals surface area contributed by atoms with E-state index in [9.17, 15) is 9.18 Å². The molecule has 2 N–H and O–H groups in total. The highest BCUT2D eigenvalue weighted by Gasteiger charge is 2.11. The van der Waals surface area contributed by atoms with Gasteiger partial charge in [0.05, 0.1) is 14.2 Å². The zero-order valence-corrected chi connectivity index (χ0v) is 12.3. The van der Waals surface area contributed by atoms with Crippen molar-refractivity contribution in [2.24, 2.45) is 5.73 Å². The molecular formula is C17H16FNO3. The van der Waals surface area contributed by atoms with Crippen molar-refractivity contribution < 1.29 is 18.7 Å². The van der Waals surface area contributed by atoms with E-state index in [1.54, 1.807) is 30.3 Å². The molecule has 1 amide bonds. The van der Waals surface area contributed by atoms with Crippen molar-refractivity contribution in [3.63, 3.8) is 0 Å². The Kier molecular flexibility index (Phi) is 4.78. The van der Waals surface area contributed by atoms with E-state index in [-0.39, 0.29) is 5.82 Å². The number of primary amides is 1. The highest BCUT2D eigenvalue weighted by Crippen LogP contribution is 2.32. The zero-order chi connectivity index (χ0) is 16.1. The fourth-order valence-corrected chi connectivity index (χ4v) is 2.11. The van der Waals surface area contributed by atoms with E-state index in [0.29, 0.717) is 28.2 Å². The van der Waals surface area contributed by atoms with Gasteiger partial charge in [-0.15, -0.1) is 0 Å². The van der Waals surface area contributed by atoms with Crippen molar-refractivity contribution in [2.45, 2.75) is 0 Å². The van der Waals surface area contributed by atoms with Gasteiger partial charge in [0.1, 0.15) is 5.82 Å². The summed E-state index contributed by atoms with van der Waals surface area (Å²) in [6.07, 6.45) is 1.30. The quantitative estimate of drug-likeness (QED) is 0.864. The molecule has 2 aromatic rings. The fourth-order valence-electron chi connectivity index (χ4n) is 2.11. The van der Waals surface area contributed by atoms with E-state index >= 15 is 0 Å². The predicted molar refractivity (Wildman–Crippen MR) is 82.2 cm³/mol. The van der Waals surface area contributed by atoms with Crippen LogP contribution in [0.3, 0.4) is 0 Å². The van der Waals surface area contributed by atoms with Crippen LogP contribution in [-0.2, 0) is 4.79 Å². The van der Waals surface area contributed by atoms with Gasteiger partial charge in [-0.3, -0.25) is 4.79 Å². The van der Waals surface area contributed by atoms with E-state index in [1.807, 2.05) is 0 Å². The van der Waals surface area contributed by atoms with E-state index in [0.717, 1.165) is 0 Å². The van der Waals surface area contributed by atoms with E-state index in [4.69, 9.17) is 15.2 Å². The Bertz CT molecular complexity index is 708. The summed E-state index contributed by atoms with van der Waals surface area (Å²) in [6, 6.07) is 11.1. The molecule has 0 fully saturated rings. The average molecular weight is 301 g/mol. The SMILES string of the molecule is COc1ccc(/C(=C\C(N)=O)c2ccc(F)cc2)cc1OC. The van der Waals surface area contributed by atoms with Gasteiger partial charge < -0.3 is 15.2 Å². The highest BCUT2D eigenvalue weighted by molar-refractivity contribution is 5.98. The maximum atomic E-state index is 13.1. The maximum absolute atomic E-state index is 13.1. The third kappa shape index (κ3) is 3.44. The highest BCUT2D eigenvalue weighted by atomic mass is 19.1. The molecule has 0 atom stereocenters. The van der Waals surface area contributed by atoms with E-state index in [2.05, 4.69) is 0 Å². The second-order valence-corrected chi connectivity index (χ2v) is 4.54. The molecule has 0 aliphatic heterocycles. The second kappa shape index (κ2) is 6.76. The van der Waals surface area contributed by atoms with Crippen molar-refractivity contribution in [2.75, 3.05) is 14.2 Å². The van der Waals surface area contributed by atoms with Crippen molar-refractivity contribution in [1.82, 2.24) is 0 Å². The summed E-state index contributed by atoms with van der Waals surface area (Å²) >= 11 is 0. The smallest absolute Gasteiger partial charge is 0.242 e. The minimum atomic E-state index is -0.589. The van der Waals surface area contributed by atoms with Crippen LogP contribution in [0.25, 0.3) is 5.57 Å². The minimum absolute atomic E-state index is 0.352.